The Bertz CT molecular complexity index is 707. The molecule has 0 aromatic heterocycles. The topological polar surface area (TPSA) is 70.8 Å². The fourth-order valence-electron chi connectivity index (χ4n) is 2.25. The first-order valence-electron chi connectivity index (χ1n) is 9.74. The van der Waals surface area contributed by atoms with E-state index in [9.17, 15) is 26.7 Å². The molecule has 0 saturated carbocycles. The van der Waals surface area contributed by atoms with Gasteiger partial charge < -0.3 is 19.9 Å². The van der Waals surface area contributed by atoms with E-state index in [-0.39, 0.29) is 24.2 Å². The molecule has 0 spiro atoms. The minimum absolute atomic E-state index is 0.0664. The Morgan fingerprint density at radius 2 is 1.39 bits per heavy atom. The van der Waals surface area contributed by atoms with Gasteiger partial charge in [-0.15, -0.1) is 0 Å². The number of halogens is 5. The minimum atomic E-state index is -5.72. The van der Waals surface area contributed by atoms with Gasteiger partial charge in [0.1, 0.15) is 13.2 Å². The smallest absolute Gasteiger partial charge is 0.455 e. The van der Waals surface area contributed by atoms with E-state index in [0.29, 0.717) is 12.3 Å². The molecule has 0 heterocycles. The normalized spacial score (nSPS) is 14.9. The van der Waals surface area contributed by atoms with Crippen molar-refractivity contribution in [3.8, 4) is 0 Å². The number of hydrogen-bond donors (Lipinski definition) is 1. The molecule has 0 saturated heterocycles. The van der Waals surface area contributed by atoms with Gasteiger partial charge in [0.25, 0.3) is 0 Å². The number of nitrogen functional groups attached to an aromatic ring is 1. The number of benzene rings is 1. The second-order valence-electron chi connectivity index (χ2n) is 8.71. The number of esters is 1. The average molecular weight is 455 g/mol. The Hall–Kier alpha value is -1.94. The van der Waals surface area contributed by atoms with Gasteiger partial charge in [0, 0.05) is 11.1 Å². The van der Waals surface area contributed by atoms with Crippen molar-refractivity contribution >= 4 is 11.7 Å². The molecule has 31 heavy (non-hydrogen) atoms. The largest absolute Gasteiger partial charge is 0.461 e. The lowest BCUT2D eigenvalue weighted by atomic mass is 9.91. The average Bonchev–Trinajstić information content (AvgIpc) is 2.65. The Morgan fingerprint density at radius 3 is 1.87 bits per heavy atom. The van der Waals surface area contributed by atoms with Gasteiger partial charge in [-0.25, -0.2) is 4.79 Å². The number of hydrogen-bond acceptors (Lipinski definition) is 5. The summed E-state index contributed by atoms with van der Waals surface area (Å²) in [6, 6.07) is 5.92. The van der Waals surface area contributed by atoms with Gasteiger partial charge in [0.05, 0.1) is 25.4 Å². The fourth-order valence-corrected chi connectivity index (χ4v) is 2.25. The van der Waals surface area contributed by atoms with Gasteiger partial charge in [0.2, 0.25) is 0 Å². The highest BCUT2D eigenvalue weighted by Crippen LogP contribution is 2.36. The lowest BCUT2D eigenvalue weighted by Gasteiger charge is -2.31. The maximum atomic E-state index is 13.2. The van der Waals surface area contributed by atoms with E-state index >= 15 is 0 Å². The van der Waals surface area contributed by atoms with Crippen molar-refractivity contribution < 1.29 is 41.0 Å². The molecule has 1 aromatic rings. The number of carbonyl (C=O) groups is 1. The molecular formula is C21H30F5NO4. The third-order valence-corrected chi connectivity index (χ3v) is 4.75. The monoisotopic (exact) mass is 455 g/mol. The van der Waals surface area contributed by atoms with Crippen LogP contribution in [0.3, 0.4) is 0 Å². The van der Waals surface area contributed by atoms with Crippen LogP contribution in [-0.4, -0.2) is 51.1 Å². The summed E-state index contributed by atoms with van der Waals surface area (Å²) in [5.74, 6) is -5.68. The fraction of sp³-hybridized carbons (Fsp3) is 0.667. The lowest BCUT2D eigenvalue weighted by molar-refractivity contribution is -0.298. The maximum absolute atomic E-state index is 13.2. The van der Waals surface area contributed by atoms with Gasteiger partial charge in [-0.3, -0.25) is 0 Å². The van der Waals surface area contributed by atoms with E-state index < -0.39 is 36.7 Å². The van der Waals surface area contributed by atoms with Crippen LogP contribution in [0.1, 0.15) is 44.5 Å². The predicted molar refractivity (Wildman–Crippen MR) is 106 cm³/mol. The number of carbonyl (C=O) groups excluding carboxylic acids is 1. The number of anilines is 1. The molecular weight excluding hydrogens is 425 g/mol. The second kappa shape index (κ2) is 10.6. The molecule has 5 nitrogen and oxygen atoms in total. The molecule has 1 rings (SSSR count). The Labute approximate surface area is 179 Å². The van der Waals surface area contributed by atoms with Crippen LogP contribution < -0.4 is 5.73 Å². The molecule has 0 amide bonds. The molecule has 0 bridgehead atoms. The summed E-state index contributed by atoms with van der Waals surface area (Å²) >= 11 is 0. The highest BCUT2D eigenvalue weighted by molar-refractivity contribution is 5.89. The van der Waals surface area contributed by atoms with Crippen LogP contribution in [0.25, 0.3) is 0 Å². The molecule has 0 aliphatic heterocycles. The first-order chi connectivity index (χ1) is 14.1. The van der Waals surface area contributed by atoms with Crippen molar-refractivity contribution in [3.05, 3.63) is 29.8 Å². The third-order valence-electron chi connectivity index (χ3n) is 4.75. The SMILES string of the molecule is CCC(C)(C)COCC(C)(COCC(F)(F)C(F)(F)F)COC(=O)c1ccc(N)cc1. The van der Waals surface area contributed by atoms with E-state index in [1.165, 1.54) is 31.2 Å². The number of rotatable bonds is 12. The van der Waals surface area contributed by atoms with Crippen molar-refractivity contribution in [2.45, 2.75) is 46.2 Å². The standard InChI is InChI=1S/C21H30F5NO4/c1-5-18(2,3)10-29-11-19(4,12-30-14-20(22,23)21(24,25)26)13-31-17(28)15-6-8-16(27)9-7-15/h6-9H,5,10-14,27H2,1-4H3. The number of nitrogens with two attached hydrogens (primary N) is 1. The zero-order valence-corrected chi connectivity index (χ0v) is 18.2. The van der Waals surface area contributed by atoms with Crippen LogP contribution in [0.15, 0.2) is 24.3 Å². The molecule has 1 unspecified atom stereocenters. The van der Waals surface area contributed by atoms with Gasteiger partial charge in [0.15, 0.2) is 0 Å². The van der Waals surface area contributed by atoms with Crippen LogP contribution in [0.2, 0.25) is 0 Å². The Kier molecular flexibility index (Phi) is 9.25. The number of ether oxygens (including phenoxy) is 3. The molecule has 0 fully saturated rings. The maximum Gasteiger partial charge on any atom is 0.455 e. The van der Waals surface area contributed by atoms with E-state index in [1.807, 2.05) is 20.8 Å². The summed E-state index contributed by atoms with van der Waals surface area (Å²) in [7, 11) is 0. The number of alkyl halides is 5. The van der Waals surface area contributed by atoms with Crippen LogP contribution in [0.5, 0.6) is 0 Å². The van der Waals surface area contributed by atoms with Crippen molar-refractivity contribution in [3.63, 3.8) is 0 Å². The molecule has 1 aromatic carbocycles. The van der Waals surface area contributed by atoms with Crippen molar-refractivity contribution in [2.75, 3.05) is 38.8 Å². The van der Waals surface area contributed by atoms with E-state index in [2.05, 4.69) is 0 Å². The van der Waals surface area contributed by atoms with Crippen LogP contribution in [-0.2, 0) is 14.2 Å². The highest BCUT2D eigenvalue weighted by atomic mass is 19.4. The molecule has 2 N–H and O–H groups in total. The van der Waals surface area contributed by atoms with Crippen LogP contribution >= 0.6 is 0 Å². The second-order valence-corrected chi connectivity index (χ2v) is 8.71. The zero-order chi connectivity index (χ0) is 23.9. The van der Waals surface area contributed by atoms with E-state index in [0.717, 1.165) is 6.42 Å². The van der Waals surface area contributed by atoms with Crippen LogP contribution in [0.4, 0.5) is 27.6 Å². The molecule has 1 atom stereocenters. The van der Waals surface area contributed by atoms with Crippen molar-refractivity contribution in [1.29, 1.82) is 0 Å². The predicted octanol–water partition coefficient (Wildman–Crippen LogP) is 5.10. The molecule has 0 aliphatic carbocycles. The zero-order valence-electron chi connectivity index (χ0n) is 18.2. The molecule has 178 valence electrons. The van der Waals surface area contributed by atoms with Crippen molar-refractivity contribution in [2.24, 2.45) is 10.8 Å². The van der Waals surface area contributed by atoms with E-state index in [4.69, 9.17) is 19.9 Å². The molecule has 0 radical (unpaired) electrons. The van der Waals surface area contributed by atoms with Gasteiger partial charge >= 0.3 is 18.1 Å². The summed E-state index contributed by atoms with van der Waals surface area (Å²) < 4.78 is 79.0. The Morgan fingerprint density at radius 1 is 0.871 bits per heavy atom. The van der Waals surface area contributed by atoms with Gasteiger partial charge in [-0.05, 0) is 36.1 Å². The van der Waals surface area contributed by atoms with Gasteiger partial charge in [-0.2, -0.15) is 22.0 Å². The molecule has 0 aliphatic rings. The first-order valence-corrected chi connectivity index (χ1v) is 9.74. The highest BCUT2D eigenvalue weighted by Gasteiger charge is 2.57. The minimum Gasteiger partial charge on any atom is -0.461 e. The Balaban J connectivity index is 2.78. The summed E-state index contributed by atoms with van der Waals surface area (Å²) in [6.45, 7) is 5.01. The summed E-state index contributed by atoms with van der Waals surface area (Å²) in [6.07, 6.45) is -4.91. The van der Waals surface area contributed by atoms with E-state index in [1.54, 1.807) is 0 Å². The lowest BCUT2D eigenvalue weighted by Crippen LogP contribution is -2.43. The van der Waals surface area contributed by atoms with Crippen molar-refractivity contribution in [1.82, 2.24) is 0 Å². The summed E-state index contributed by atoms with van der Waals surface area (Å²) in [4.78, 5) is 12.2. The van der Waals surface area contributed by atoms with Crippen LogP contribution in [0, 0.1) is 10.8 Å². The quantitative estimate of drug-likeness (QED) is 0.270. The van der Waals surface area contributed by atoms with Gasteiger partial charge in [-0.1, -0.05) is 27.7 Å². The summed E-state index contributed by atoms with van der Waals surface area (Å²) in [5.41, 5.74) is 4.93. The summed E-state index contributed by atoms with van der Waals surface area (Å²) in [5, 5.41) is 0. The molecule has 10 heteroatoms. The third kappa shape index (κ3) is 8.98. The first kappa shape index (κ1) is 27.1.